The van der Waals surface area contributed by atoms with Crippen molar-refractivity contribution >= 4 is 18.0 Å². The summed E-state index contributed by atoms with van der Waals surface area (Å²) in [5, 5.41) is 5.27. The molecule has 5 rings (SSSR count). The van der Waals surface area contributed by atoms with Crippen molar-refractivity contribution in [2.24, 2.45) is 28.8 Å². The standard InChI is InChI=1S/C24H22N2O4/c1-29-20-11-16(7-10-19(20)30-14-15-5-3-2-4-6-15)13-25-26-23(27)21-17-8-9-18(12-17)22(21)24(26)28/h2-11,13,17-18,21-22H,12,14H2,1H3. The molecule has 4 atom stereocenters. The van der Waals surface area contributed by atoms with E-state index in [1.165, 1.54) is 6.21 Å². The fourth-order valence-corrected chi connectivity index (χ4v) is 4.74. The summed E-state index contributed by atoms with van der Waals surface area (Å²) in [6.45, 7) is 0.431. The molecular formula is C24H22N2O4. The summed E-state index contributed by atoms with van der Waals surface area (Å²) >= 11 is 0. The quantitative estimate of drug-likeness (QED) is 0.422. The fourth-order valence-electron chi connectivity index (χ4n) is 4.74. The topological polar surface area (TPSA) is 68.2 Å². The van der Waals surface area contributed by atoms with Gasteiger partial charge in [0.15, 0.2) is 11.5 Å². The maximum atomic E-state index is 12.7. The van der Waals surface area contributed by atoms with E-state index < -0.39 is 0 Å². The van der Waals surface area contributed by atoms with Crippen molar-refractivity contribution in [2.75, 3.05) is 7.11 Å². The van der Waals surface area contributed by atoms with Gasteiger partial charge >= 0.3 is 0 Å². The first kappa shape index (κ1) is 18.6. The monoisotopic (exact) mass is 402 g/mol. The van der Waals surface area contributed by atoms with E-state index in [-0.39, 0.29) is 35.5 Å². The summed E-state index contributed by atoms with van der Waals surface area (Å²) in [4.78, 5) is 25.4. The number of allylic oxidation sites excluding steroid dienone is 2. The predicted octanol–water partition coefficient (Wildman–Crippen LogP) is 3.42. The Morgan fingerprint density at radius 1 is 1.00 bits per heavy atom. The summed E-state index contributed by atoms with van der Waals surface area (Å²) in [6, 6.07) is 15.3. The molecule has 3 aliphatic rings. The molecule has 2 bridgehead atoms. The molecule has 0 spiro atoms. The van der Waals surface area contributed by atoms with E-state index in [2.05, 4.69) is 17.3 Å². The summed E-state index contributed by atoms with van der Waals surface area (Å²) in [5.41, 5.74) is 1.78. The van der Waals surface area contributed by atoms with Crippen LogP contribution in [0.15, 0.2) is 65.8 Å². The molecule has 2 aromatic carbocycles. The molecule has 2 fully saturated rings. The number of ether oxygens (including phenoxy) is 2. The highest BCUT2D eigenvalue weighted by molar-refractivity contribution is 6.06. The lowest BCUT2D eigenvalue weighted by atomic mass is 9.85. The number of hydrogen-bond acceptors (Lipinski definition) is 5. The van der Waals surface area contributed by atoms with Crippen LogP contribution in [-0.2, 0) is 16.2 Å². The van der Waals surface area contributed by atoms with Gasteiger partial charge in [-0.05, 0) is 47.6 Å². The second-order valence-electron chi connectivity index (χ2n) is 7.92. The van der Waals surface area contributed by atoms with Gasteiger partial charge in [0.2, 0.25) is 0 Å². The van der Waals surface area contributed by atoms with Gasteiger partial charge in [0.05, 0.1) is 25.2 Å². The number of nitrogens with zero attached hydrogens (tertiary/aromatic N) is 2. The van der Waals surface area contributed by atoms with Crippen molar-refractivity contribution in [3.8, 4) is 11.5 Å². The summed E-state index contributed by atoms with van der Waals surface area (Å²) in [7, 11) is 1.57. The van der Waals surface area contributed by atoms with Gasteiger partial charge in [-0.1, -0.05) is 42.5 Å². The Kier molecular flexibility index (Phi) is 4.62. The maximum absolute atomic E-state index is 12.7. The zero-order valence-corrected chi connectivity index (χ0v) is 16.6. The maximum Gasteiger partial charge on any atom is 0.254 e. The Bertz CT molecular complexity index is 1020. The molecular weight excluding hydrogens is 380 g/mol. The van der Waals surface area contributed by atoms with Gasteiger partial charge in [0, 0.05) is 0 Å². The highest BCUT2D eigenvalue weighted by Gasteiger charge is 2.59. The number of imide groups is 1. The molecule has 2 aliphatic carbocycles. The van der Waals surface area contributed by atoms with Crippen molar-refractivity contribution < 1.29 is 19.1 Å². The van der Waals surface area contributed by atoms with Crippen LogP contribution < -0.4 is 9.47 Å². The molecule has 6 heteroatoms. The molecule has 1 saturated carbocycles. The van der Waals surface area contributed by atoms with Crippen molar-refractivity contribution in [2.45, 2.75) is 13.0 Å². The van der Waals surface area contributed by atoms with Crippen molar-refractivity contribution in [1.29, 1.82) is 0 Å². The van der Waals surface area contributed by atoms with E-state index in [0.29, 0.717) is 18.1 Å². The molecule has 0 radical (unpaired) electrons. The third-order valence-corrected chi connectivity index (χ3v) is 6.19. The lowest BCUT2D eigenvalue weighted by Gasteiger charge is -2.13. The number of carbonyl (C=O) groups excluding carboxylic acids is 2. The van der Waals surface area contributed by atoms with E-state index in [4.69, 9.17) is 9.47 Å². The van der Waals surface area contributed by atoms with Gasteiger partial charge in [0.1, 0.15) is 6.61 Å². The van der Waals surface area contributed by atoms with Gasteiger partial charge < -0.3 is 9.47 Å². The second-order valence-corrected chi connectivity index (χ2v) is 7.92. The van der Waals surface area contributed by atoms with Crippen molar-refractivity contribution in [3.05, 3.63) is 71.8 Å². The molecule has 1 saturated heterocycles. The number of fused-ring (bicyclic) bond motifs is 5. The van der Waals surface area contributed by atoms with E-state index in [9.17, 15) is 9.59 Å². The first-order chi connectivity index (χ1) is 14.7. The molecule has 2 aromatic rings. The average molecular weight is 402 g/mol. The van der Waals surface area contributed by atoms with Gasteiger partial charge in [-0.15, -0.1) is 0 Å². The van der Waals surface area contributed by atoms with E-state index in [1.807, 2.05) is 36.4 Å². The average Bonchev–Trinajstić information content (AvgIpc) is 3.46. The van der Waals surface area contributed by atoms with Crippen LogP contribution >= 0.6 is 0 Å². The second kappa shape index (κ2) is 7.44. The zero-order valence-electron chi connectivity index (χ0n) is 16.6. The van der Waals surface area contributed by atoms with Gasteiger partial charge in [-0.2, -0.15) is 10.1 Å². The number of hydrazone groups is 1. The van der Waals surface area contributed by atoms with Crippen molar-refractivity contribution in [3.63, 3.8) is 0 Å². The van der Waals surface area contributed by atoms with Crippen LogP contribution in [0, 0.1) is 23.7 Å². The molecule has 2 amide bonds. The lowest BCUT2D eigenvalue weighted by Crippen LogP contribution is -2.28. The minimum Gasteiger partial charge on any atom is -0.493 e. The fraction of sp³-hybridized carbons (Fsp3) is 0.292. The molecule has 4 unspecified atom stereocenters. The van der Waals surface area contributed by atoms with Crippen LogP contribution in [0.2, 0.25) is 0 Å². The molecule has 30 heavy (non-hydrogen) atoms. The number of methoxy groups -OCH3 is 1. The van der Waals surface area contributed by atoms with Gasteiger partial charge in [-0.25, -0.2) is 0 Å². The van der Waals surface area contributed by atoms with Crippen LogP contribution in [0.3, 0.4) is 0 Å². The third-order valence-electron chi connectivity index (χ3n) is 6.19. The first-order valence-corrected chi connectivity index (χ1v) is 10.1. The molecule has 152 valence electrons. The number of rotatable bonds is 6. The smallest absolute Gasteiger partial charge is 0.254 e. The van der Waals surface area contributed by atoms with Gasteiger partial charge in [-0.3, -0.25) is 9.59 Å². The number of carbonyl (C=O) groups is 2. The SMILES string of the molecule is COc1cc(C=NN2C(=O)C3C4C=CC(C4)C3C2=O)ccc1OCc1ccccc1. The molecule has 0 N–H and O–H groups in total. The Morgan fingerprint density at radius 2 is 1.70 bits per heavy atom. The Labute approximate surface area is 174 Å². The lowest BCUT2D eigenvalue weighted by molar-refractivity contribution is -0.140. The molecule has 1 aliphatic heterocycles. The van der Waals surface area contributed by atoms with Crippen molar-refractivity contribution in [1.82, 2.24) is 5.01 Å². The van der Waals surface area contributed by atoms with Crippen LogP contribution in [-0.4, -0.2) is 30.1 Å². The first-order valence-electron chi connectivity index (χ1n) is 10.1. The number of hydrogen-bond donors (Lipinski definition) is 0. The minimum absolute atomic E-state index is 0.179. The highest BCUT2D eigenvalue weighted by Crippen LogP contribution is 2.52. The Hall–Kier alpha value is -3.41. The largest absolute Gasteiger partial charge is 0.493 e. The molecule has 1 heterocycles. The number of benzene rings is 2. The predicted molar refractivity (Wildman–Crippen MR) is 111 cm³/mol. The molecule has 0 aromatic heterocycles. The summed E-state index contributed by atoms with van der Waals surface area (Å²) < 4.78 is 11.3. The summed E-state index contributed by atoms with van der Waals surface area (Å²) in [6.07, 6.45) is 6.58. The Morgan fingerprint density at radius 3 is 2.37 bits per heavy atom. The highest BCUT2D eigenvalue weighted by atomic mass is 16.5. The Balaban J connectivity index is 1.30. The van der Waals surface area contributed by atoms with Crippen LogP contribution in [0.25, 0.3) is 0 Å². The summed E-state index contributed by atoms with van der Waals surface area (Å²) in [5.74, 6) is 0.675. The van der Waals surface area contributed by atoms with E-state index in [1.54, 1.807) is 19.2 Å². The minimum atomic E-state index is -0.243. The zero-order chi connectivity index (χ0) is 20.7. The normalized spacial score (nSPS) is 26.6. The third kappa shape index (κ3) is 3.09. The van der Waals surface area contributed by atoms with Gasteiger partial charge in [0.25, 0.3) is 11.8 Å². The van der Waals surface area contributed by atoms with E-state index >= 15 is 0 Å². The van der Waals surface area contributed by atoms with Crippen LogP contribution in [0.1, 0.15) is 17.5 Å². The van der Waals surface area contributed by atoms with E-state index in [0.717, 1.165) is 22.6 Å². The molecule has 6 nitrogen and oxygen atoms in total. The van der Waals surface area contributed by atoms with Crippen LogP contribution in [0.4, 0.5) is 0 Å². The number of amides is 2. The van der Waals surface area contributed by atoms with Crippen LogP contribution in [0.5, 0.6) is 11.5 Å².